The zero-order chi connectivity index (χ0) is 19.1. The Bertz CT molecular complexity index is 763. The fourth-order valence-electron chi connectivity index (χ4n) is 2.88. The van der Waals surface area contributed by atoms with E-state index in [0.29, 0.717) is 37.0 Å². The minimum Gasteiger partial charge on any atom is -0.492 e. The van der Waals surface area contributed by atoms with Gasteiger partial charge in [-0.3, -0.25) is 0 Å². The number of carbonyl (C=O) groups is 1. The van der Waals surface area contributed by atoms with E-state index in [2.05, 4.69) is 15.3 Å². The first-order valence-corrected chi connectivity index (χ1v) is 9.01. The van der Waals surface area contributed by atoms with E-state index in [9.17, 15) is 4.79 Å². The Hall–Kier alpha value is -3.03. The molecule has 0 aliphatic carbocycles. The molecule has 1 fully saturated rings. The molecule has 1 aliphatic heterocycles. The maximum atomic E-state index is 12.6. The van der Waals surface area contributed by atoms with Crippen molar-refractivity contribution in [3.05, 3.63) is 36.5 Å². The van der Waals surface area contributed by atoms with Gasteiger partial charge in [-0.2, -0.15) is 4.98 Å². The van der Waals surface area contributed by atoms with E-state index >= 15 is 0 Å². The SMILES string of the molecule is CCOc1ccccc1NC(=O)N1CCC(Oc2ccnc(OC)n2)CC1. The highest BCUT2D eigenvalue weighted by Gasteiger charge is 2.25. The van der Waals surface area contributed by atoms with Crippen LogP contribution in [0.2, 0.25) is 0 Å². The Labute approximate surface area is 158 Å². The van der Waals surface area contributed by atoms with E-state index in [4.69, 9.17) is 14.2 Å². The zero-order valence-corrected chi connectivity index (χ0v) is 15.6. The summed E-state index contributed by atoms with van der Waals surface area (Å²) in [7, 11) is 1.51. The van der Waals surface area contributed by atoms with Crippen molar-refractivity contribution in [2.45, 2.75) is 25.9 Å². The number of hydrogen-bond donors (Lipinski definition) is 1. The molecule has 1 N–H and O–H groups in total. The third kappa shape index (κ3) is 4.99. The minimum absolute atomic E-state index is 0.00404. The van der Waals surface area contributed by atoms with Gasteiger partial charge < -0.3 is 24.4 Å². The van der Waals surface area contributed by atoms with Crippen LogP contribution in [0.25, 0.3) is 0 Å². The molecule has 2 amide bonds. The Kier molecular flexibility index (Phi) is 6.30. The molecule has 0 radical (unpaired) electrons. The summed E-state index contributed by atoms with van der Waals surface area (Å²) < 4.78 is 16.4. The van der Waals surface area contributed by atoms with Crippen LogP contribution < -0.4 is 19.5 Å². The van der Waals surface area contributed by atoms with Crippen molar-refractivity contribution in [1.29, 1.82) is 0 Å². The molecule has 8 nitrogen and oxygen atoms in total. The standard InChI is InChI=1S/C19H24N4O4/c1-3-26-16-7-5-4-6-15(16)21-19(24)23-12-9-14(10-13-23)27-17-8-11-20-18(22-17)25-2/h4-8,11,14H,3,9-10,12-13H2,1-2H3,(H,21,24). The number of nitrogens with zero attached hydrogens (tertiary/aromatic N) is 3. The second kappa shape index (κ2) is 9.07. The van der Waals surface area contributed by atoms with Gasteiger partial charge in [0.1, 0.15) is 11.9 Å². The summed E-state index contributed by atoms with van der Waals surface area (Å²) in [4.78, 5) is 22.5. The Morgan fingerprint density at radius 3 is 2.78 bits per heavy atom. The molecule has 1 saturated heterocycles. The molecule has 0 spiro atoms. The highest BCUT2D eigenvalue weighted by Crippen LogP contribution is 2.25. The molecule has 0 unspecified atom stereocenters. The molecular formula is C19H24N4O4. The lowest BCUT2D eigenvalue weighted by atomic mass is 10.1. The van der Waals surface area contributed by atoms with Crippen molar-refractivity contribution in [2.24, 2.45) is 0 Å². The average Bonchev–Trinajstić information content (AvgIpc) is 2.70. The fourth-order valence-corrected chi connectivity index (χ4v) is 2.88. The number of anilines is 1. The number of benzene rings is 1. The molecule has 1 aliphatic rings. The normalized spacial score (nSPS) is 14.5. The van der Waals surface area contributed by atoms with Crippen molar-refractivity contribution < 1.29 is 19.0 Å². The molecule has 2 heterocycles. The first-order valence-electron chi connectivity index (χ1n) is 9.01. The Morgan fingerprint density at radius 1 is 1.26 bits per heavy atom. The number of likely N-dealkylation sites (tertiary alicyclic amines) is 1. The second-order valence-corrected chi connectivity index (χ2v) is 6.05. The van der Waals surface area contributed by atoms with E-state index in [1.165, 1.54) is 7.11 Å². The maximum absolute atomic E-state index is 12.6. The largest absolute Gasteiger partial charge is 0.492 e. The number of methoxy groups -OCH3 is 1. The van der Waals surface area contributed by atoms with Crippen molar-refractivity contribution >= 4 is 11.7 Å². The fraction of sp³-hybridized carbons (Fsp3) is 0.421. The molecule has 0 bridgehead atoms. The number of rotatable bonds is 6. The average molecular weight is 372 g/mol. The molecular weight excluding hydrogens is 348 g/mol. The van der Waals surface area contributed by atoms with Crippen LogP contribution in [-0.4, -0.2) is 53.8 Å². The van der Waals surface area contributed by atoms with E-state index in [1.807, 2.05) is 31.2 Å². The lowest BCUT2D eigenvalue weighted by molar-refractivity contribution is 0.110. The highest BCUT2D eigenvalue weighted by atomic mass is 16.5. The number of amides is 2. The van der Waals surface area contributed by atoms with Crippen LogP contribution in [0, 0.1) is 0 Å². The quantitative estimate of drug-likeness (QED) is 0.839. The highest BCUT2D eigenvalue weighted by molar-refractivity contribution is 5.91. The predicted molar refractivity (Wildman–Crippen MR) is 100 cm³/mol. The molecule has 1 aromatic heterocycles. The number of urea groups is 1. The topological polar surface area (TPSA) is 85.8 Å². The number of ether oxygens (including phenoxy) is 3. The molecule has 0 atom stereocenters. The van der Waals surface area contributed by atoms with Crippen LogP contribution in [0.15, 0.2) is 36.5 Å². The molecule has 2 aromatic rings. The van der Waals surface area contributed by atoms with Crippen LogP contribution in [0.3, 0.4) is 0 Å². The van der Waals surface area contributed by atoms with Crippen molar-refractivity contribution in [1.82, 2.24) is 14.9 Å². The van der Waals surface area contributed by atoms with E-state index < -0.39 is 0 Å². The summed E-state index contributed by atoms with van der Waals surface area (Å²) in [6, 6.07) is 9.27. The predicted octanol–water partition coefficient (Wildman–Crippen LogP) is 2.96. The van der Waals surface area contributed by atoms with Crippen molar-refractivity contribution in [3.8, 4) is 17.6 Å². The third-order valence-corrected chi connectivity index (χ3v) is 4.24. The van der Waals surface area contributed by atoms with Gasteiger partial charge in [0, 0.05) is 38.2 Å². The molecule has 27 heavy (non-hydrogen) atoms. The number of aromatic nitrogens is 2. The molecule has 144 valence electrons. The number of para-hydroxylation sites is 2. The van der Waals surface area contributed by atoms with Crippen LogP contribution in [-0.2, 0) is 0 Å². The zero-order valence-electron chi connectivity index (χ0n) is 15.6. The maximum Gasteiger partial charge on any atom is 0.321 e. The summed E-state index contributed by atoms with van der Waals surface area (Å²) in [6.07, 6.45) is 3.06. The van der Waals surface area contributed by atoms with Gasteiger partial charge in [0.05, 0.1) is 19.4 Å². The third-order valence-electron chi connectivity index (χ3n) is 4.24. The number of piperidine rings is 1. The van der Waals surface area contributed by atoms with E-state index in [-0.39, 0.29) is 18.1 Å². The van der Waals surface area contributed by atoms with Crippen LogP contribution in [0.5, 0.6) is 17.6 Å². The van der Waals surface area contributed by atoms with Crippen LogP contribution in [0.1, 0.15) is 19.8 Å². The number of carbonyl (C=O) groups excluding carboxylic acids is 1. The van der Waals surface area contributed by atoms with Gasteiger partial charge in [-0.1, -0.05) is 12.1 Å². The summed E-state index contributed by atoms with van der Waals surface area (Å²) in [5.74, 6) is 1.15. The lowest BCUT2D eigenvalue weighted by Gasteiger charge is -2.32. The summed E-state index contributed by atoms with van der Waals surface area (Å²) in [6.45, 7) is 3.67. The van der Waals surface area contributed by atoms with E-state index in [1.54, 1.807) is 17.2 Å². The smallest absolute Gasteiger partial charge is 0.321 e. The van der Waals surface area contributed by atoms with Gasteiger partial charge in [-0.25, -0.2) is 9.78 Å². The molecule has 1 aromatic carbocycles. The monoisotopic (exact) mass is 372 g/mol. The van der Waals surface area contributed by atoms with Gasteiger partial charge >= 0.3 is 12.0 Å². The summed E-state index contributed by atoms with van der Waals surface area (Å²) in [5, 5.41) is 2.93. The van der Waals surface area contributed by atoms with Gasteiger partial charge in [0.15, 0.2) is 0 Å². The minimum atomic E-state index is -0.135. The second-order valence-electron chi connectivity index (χ2n) is 6.05. The molecule has 8 heteroatoms. The Balaban J connectivity index is 1.52. The van der Waals surface area contributed by atoms with Crippen LogP contribution in [0.4, 0.5) is 10.5 Å². The van der Waals surface area contributed by atoms with Gasteiger partial charge in [0.2, 0.25) is 5.88 Å². The summed E-state index contributed by atoms with van der Waals surface area (Å²) >= 11 is 0. The van der Waals surface area contributed by atoms with Gasteiger partial charge in [-0.05, 0) is 19.1 Å². The van der Waals surface area contributed by atoms with Gasteiger partial charge in [0.25, 0.3) is 0 Å². The van der Waals surface area contributed by atoms with Gasteiger partial charge in [-0.15, -0.1) is 0 Å². The first-order chi connectivity index (χ1) is 13.2. The lowest BCUT2D eigenvalue weighted by Crippen LogP contribution is -2.43. The Morgan fingerprint density at radius 2 is 2.04 bits per heavy atom. The molecule has 0 saturated carbocycles. The first kappa shape index (κ1) is 18.8. The molecule has 3 rings (SSSR count). The van der Waals surface area contributed by atoms with Crippen molar-refractivity contribution in [2.75, 3.05) is 32.1 Å². The summed E-state index contributed by atoms with van der Waals surface area (Å²) in [5.41, 5.74) is 0.677. The number of nitrogens with one attached hydrogen (secondary N) is 1. The van der Waals surface area contributed by atoms with Crippen LogP contribution >= 0.6 is 0 Å². The van der Waals surface area contributed by atoms with Crippen molar-refractivity contribution in [3.63, 3.8) is 0 Å². The van der Waals surface area contributed by atoms with E-state index in [0.717, 1.165) is 12.8 Å². The number of hydrogen-bond acceptors (Lipinski definition) is 6.